The number of hydrogen-bond donors (Lipinski definition) is 0. The number of epoxide rings is 1. The Bertz CT molecular complexity index is 116. The second-order valence-electron chi connectivity index (χ2n) is 1.93. The lowest BCUT2D eigenvalue weighted by atomic mass is 10.3. The minimum atomic E-state index is 0.369. The van der Waals surface area contributed by atoms with Gasteiger partial charge >= 0.3 is 0 Å². The molecule has 0 amide bonds. The normalized spacial score (nSPS) is 35.6. The van der Waals surface area contributed by atoms with E-state index in [-0.39, 0.29) is 0 Å². The highest BCUT2D eigenvalue weighted by Gasteiger charge is 2.30. The quantitative estimate of drug-likeness (QED) is 0.388. The van der Waals surface area contributed by atoms with Gasteiger partial charge in [-0.05, 0) is 6.92 Å². The molecule has 0 aromatic carbocycles. The van der Waals surface area contributed by atoms with Gasteiger partial charge in [-0.1, -0.05) is 24.8 Å². The molecule has 1 heteroatoms. The Morgan fingerprint density at radius 3 is 2.62 bits per heavy atom. The maximum Gasteiger partial charge on any atom is 0.102 e. The first-order valence-electron chi connectivity index (χ1n) is 2.79. The van der Waals surface area contributed by atoms with Crippen LogP contribution in [0.2, 0.25) is 0 Å². The molecule has 1 nitrogen and oxygen atoms in total. The van der Waals surface area contributed by atoms with E-state index in [2.05, 4.69) is 13.5 Å². The second-order valence-corrected chi connectivity index (χ2v) is 1.93. The molecule has 0 N–H and O–H groups in total. The van der Waals surface area contributed by atoms with Gasteiger partial charge < -0.3 is 4.74 Å². The van der Waals surface area contributed by atoms with Gasteiger partial charge in [0.2, 0.25) is 0 Å². The highest BCUT2D eigenvalue weighted by atomic mass is 16.6. The summed E-state index contributed by atoms with van der Waals surface area (Å²) in [7, 11) is 0. The highest BCUT2D eigenvalue weighted by Crippen LogP contribution is 2.21. The molecule has 0 spiro atoms. The van der Waals surface area contributed by atoms with Crippen LogP contribution in [0.15, 0.2) is 24.8 Å². The van der Waals surface area contributed by atoms with Gasteiger partial charge in [-0.2, -0.15) is 0 Å². The predicted molar refractivity (Wildman–Crippen MR) is 33.7 cm³/mol. The molecular weight excluding hydrogens is 100 g/mol. The monoisotopic (exact) mass is 110 g/mol. The molecule has 0 saturated carbocycles. The molecule has 0 bridgehead atoms. The molecule has 0 radical (unpaired) electrons. The fourth-order valence-electron chi connectivity index (χ4n) is 0.592. The van der Waals surface area contributed by atoms with Crippen LogP contribution in [0.5, 0.6) is 0 Å². The van der Waals surface area contributed by atoms with Gasteiger partial charge in [-0.25, -0.2) is 0 Å². The SMILES string of the molecule is C=C/C=C/C1OC1C. The van der Waals surface area contributed by atoms with E-state index in [1.54, 1.807) is 6.08 Å². The summed E-state index contributed by atoms with van der Waals surface area (Å²) >= 11 is 0. The molecule has 1 rings (SSSR count). The van der Waals surface area contributed by atoms with Crippen molar-refractivity contribution in [1.82, 2.24) is 0 Å². The summed E-state index contributed by atoms with van der Waals surface area (Å²) in [6, 6.07) is 0. The lowest BCUT2D eigenvalue weighted by Crippen LogP contribution is -1.79. The Morgan fingerprint density at radius 2 is 2.25 bits per heavy atom. The Hall–Kier alpha value is -0.560. The van der Waals surface area contributed by atoms with Crippen molar-refractivity contribution in [2.45, 2.75) is 19.1 Å². The van der Waals surface area contributed by atoms with Gasteiger partial charge in [0.1, 0.15) is 6.10 Å². The summed E-state index contributed by atoms with van der Waals surface area (Å²) < 4.78 is 5.08. The number of rotatable bonds is 2. The molecule has 8 heavy (non-hydrogen) atoms. The third-order valence-corrected chi connectivity index (χ3v) is 1.19. The summed E-state index contributed by atoms with van der Waals surface area (Å²) in [4.78, 5) is 0. The van der Waals surface area contributed by atoms with Crippen LogP contribution in [0.25, 0.3) is 0 Å². The zero-order chi connectivity index (χ0) is 5.98. The summed E-state index contributed by atoms with van der Waals surface area (Å²) in [6.45, 7) is 5.60. The van der Waals surface area contributed by atoms with E-state index in [1.807, 2.05) is 12.2 Å². The van der Waals surface area contributed by atoms with Crippen molar-refractivity contribution in [3.05, 3.63) is 24.8 Å². The van der Waals surface area contributed by atoms with Crippen molar-refractivity contribution in [1.29, 1.82) is 0 Å². The van der Waals surface area contributed by atoms with Gasteiger partial charge in [0.15, 0.2) is 0 Å². The molecule has 0 aromatic heterocycles. The smallest absolute Gasteiger partial charge is 0.102 e. The molecule has 1 heterocycles. The maximum atomic E-state index is 5.08. The average molecular weight is 110 g/mol. The van der Waals surface area contributed by atoms with Crippen molar-refractivity contribution in [2.75, 3.05) is 0 Å². The van der Waals surface area contributed by atoms with E-state index in [9.17, 15) is 0 Å². The fourth-order valence-corrected chi connectivity index (χ4v) is 0.592. The zero-order valence-corrected chi connectivity index (χ0v) is 5.00. The van der Waals surface area contributed by atoms with Crippen molar-refractivity contribution in [2.24, 2.45) is 0 Å². The van der Waals surface area contributed by atoms with Gasteiger partial charge in [0, 0.05) is 0 Å². The first-order valence-corrected chi connectivity index (χ1v) is 2.79. The van der Waals surface area contributed by atoms with Crippen LogP contribution >= 0.6 is 0 Å². The molecule has 0 aliphatic carbocycles. The average Bonchev–Trinajstić information content (AvgIpc) is 2.42. The zero-order valence-electron chi connectivity index (χ0n) is 5.00. The molecule has 2 atom stereocenters. The number of ether oxygens (including phenoxy) is 1. The largest absolute Gasteiger partial charge is 0.365 e. The van der Waals surface area contributed by atoms with Crippen LogP contribution in [0.3, 0.4) is 0 Å². The molecule has 0 aromatic rings. The summed E-state index contributed by atoms with van der Waals surface area (Å²) in [5.41, 5.74) is 0. The third kappa shape index (κ3) is 1.20. The van der Waals surface area contributed by atoms with Crippen molar-refractivity contribution < 1.29 is 4.74 Å². The van der Waals surface area contributed by atoms with E-state index in [0.29, 0.717) is 12.2 Å². The first-order chi connectivity index (χ1) is 3.84. The van der Waals surface area contributed by atoms with Crippen LogP contribution < -0.4 is 0 Å². The van der Waals surface area contributed by atoms with Crippen molar-refractivity contribution in [3.63, 3.8) is 0 Å². The second kappa shape index (κ2) is 2.14. The van der Waals surface area contributed by atoms with Crippen LogP contribution in [0, 0.1) is 0 Å². The lowest BCUT2D eigenvalue weighted by molar-refractivity contribution is 0.400. The minimum absolute atomic E-state index is 0.369. The summed E-state index contributed by atoms with van der Waals surface area (Å²) in [5.74, 6) is 0. The molecule has 44 valence electrons. The molecule has 1 fully saturated rings. The maximum absolute atomic E-state index is 5.08. The van der Waals surface area contributed by atoms with Gasteiger partial charge in [0.25, 0.3) is 0 Å². The van der Waals surface area contributed by atoms with Crippen molar-refractivity contribution in [3.8, 4) is 0 Å². The highest BCUT2D eigenvalue weighted by molar-refractivity contribution is 5.07. The number of hydrogen-bond acceptors (Lipinski definition) is 1. The molecule has 1 saturated heterocycles. The van der Waals surface area contributed by atoms with E-state index in [1.165, 1.54) is 0 Å². The molecular formula is C7H10O. The van der Waals surface area contributed by atoms with Crippen LogP contribution in [-0.2, 0) is 4.74 Å². The Kier molecular flexibility index (Phi) is 1.49. The van der Waals surface area contributed by atoms with E-state index in [4.69, 9.17) is 4.74 Å². The Balaban J connectivity index is 2.21. The first kappa shape index (κ1) is 5.57. The number of allylic oxidation sites excluding steroid dienone is 2. The molecule has 2 unspecified atom stereocenters. The van der Waals surface area contributed by atoms with Gasteiger partial charge in [0.05, 0.1) is 6.10 Å². The van der Waals surface area contributed by atoms with Crippen LogP contribution in [0.4, 0.5) is 0 Å². The van der Waals surface area contributed by atoms with E-state index in [0.717, 1.165) is 0 Å². The Labute approximate surface area is 49.7 Å². The molecule has 1 aliphatic rings. The summed E-state index contributed by atoms with van der Waals surface area (Å²) in [6.07, 6.45) is 6.49. The lowest BCUT2D eigenvalue weighted by Gasteiger charge is -1.71. The van der Waals surface area contributed by atoms with Crippen molar-refractivity contribution >= 4 is 0 Å². The predicted octanol–water partition coefficient (Wildman–Crippen LogP) is 1.52. The standard InChI is InChI=1S/C7H10O/c1-3-4-5-7-6(2)8-7/h3-7H,1H2,2H3/b5-4+. The fraction of sp³-hybridized carbons (Fsp3) is 0.429. The minimum Gasteiger partial charge on any atom is -0.365 e. The summed E-state index contributed by atoms with van der Waals surface area (Å²) in [5, 5.41) is 0. The molecule has 1 aliphatic heterocycles. The Morgan fingerprint density at radius 1 is 1.62 bits per heavy atom. The van der Waals surface area contributed by atoms with E-state index < -0.39 is 0 Å². The van der Waals surface area contributed by atoms with Gasteiger partial charge in [-0.3, -0.25) is 0 Å². The topological polar surface area (TPSA) is 12.5 Å². The van der Waals surface area contributed by atoms with E-state index >= 15 is 0 Å². The van der Waals surface area contributed by atoms with Crippen LogP contribution in [0.1, 0.15) is 6.92 Å². The third-order valence-electron chi connectivity index (χ3n) is 1.19. The van der Waals surface area contributed by atoms with Gasteiger partial charge in [-0.15, -0.1) is 0 Å². The van der Waals surface area contributed by atoms with Crippen LogP contribution in [-0.4, -0.2) is 12.2 Å².